The van der Waals surface area contributed by atoms with Crippen molar-refractivity contribution in [2.75, 3.05) is 25.0 Å². The van der Waals surface area contributed by atoms with E-state index >= 15 is 0 Å². The van der Waals surface area contributed by atoms with Crippen LogP contribution in [-0.4, -0.2) is 25.8 Å². The number of rotatable bonds is 7. The molecule has 0 aliphatic heterocycles. The normalized spacial score (nSPS) is 10.1. The van der Waals surface area contributed by atoms with Crippen molar-refractivity contribution in [3.63, 3.8) is 0 Å². The van der Waals surface area contributed by atoms with Crippen molar-refractivity contribution in [3.05, 3.63) is 29.3 Å². The smallest absolute Gasteiger partial charge is 0.411 e. The van der Waals surface area contributed by atoms with Crippen molar-refractivity contribution in [1.29, 1.82) is 0 Å². The van der Waals surface area contributed by atoms with E-state index in [2.05, 4.69) is 17.6 Å². The molecule has 1 aromatic carbocycles. The third-order valence-corrected chi connectivity index (χ3v) is 2.53. The fourth-order valence-corrected chi connectivity index (χ4v) is 1.55. The van der Waals surface area contributed by atoms with E-state index in [1.807, 2.05) is 0 Å². The zero-order valence-corrected chi connectivity index (χ0v) is 11.3. The average molecular weight is 271 g/mol. The summed E-state index contributed by atoms with van der Waals surface area (Å²) in [6, 6.07) is 6.94. The maximum atomic E-state index is 11.4. The summed E-state index contributed by atoms with van der Waals surface area (Å²) < 4.78 is 5.01. The lowest BCUT2D eigenvalue weighted by Gasteiger charge is -2.07. The van der Waals surface area contributed by atoms with Crippen LogP contribution in [0, 0.1) is 0 Å². The van der Waals surface area contributed by atoms with Crippen molar-refractivity contribution >= 4 is 23.4 Å². The predicted molar refractivity (Wildman–Crippen MR) is 74.2 cm³/mol. The number of hydrogen-bond acceptors (Lipinski definition) is 3. The van der Waals surface area contributed by atoms with Gasteiger partial charge in [0.1, 0.15) is 6.61 Å². The first-order valence-electron chi connectivity index (χ1n) is 6.12. The van der Waals surface area contributed by atoms with Crippen LogP contribution < -0.4 is 10.6 Å². The van der Waals surface area contributed by atoms with Gasteiger partial charge in [0.15, 0.2) is 0 Å². The molecular weight excluding hydrogens is 252 g/mol. The summed E-state index contributed by atoms with van der Waals surface area (Å²) in [5.41, 5.74) is 0.631. The lowest BCUT2D eigenvalue weighted by Crippen LogP contribution is -2.24. The van der Waals surface area contributed by atoms with Crippen molar-refractivity contribution in [2.45, 2.75) is 19.8 Å². The largest absolute Gasteiger partial charge is 0.448 e. The van der Waals surface area contributed by atoms with Gasteiger partial charge in [0, 0.05) is 17.3 Å². The van der Waals surface area contributed by atoms with E-state index in [-0.39, 0.29) is 0 Å². The highest BCUT2D eigenvalue weighted by molar-refractivity contribution is 6.30. The number of carbonyl (C=O) groups excluding carboxylic acids is 1. The topological polar surface area (TPSA) is 50.4 Å². The number of ether oxygens (including phenoxy) is 1. The molecule has 0 aliphatic carbocycles. The lowest BCUT2D eigenvalue weighted by molar-refractivity contribution is 0.162. The van der Waals surface area contributed by atoms with E-state index in [0.29, 0.717) is 23.9 Å². The third-order valence-electron chi connectivity index (χ3n) is 2.29. The Morgan fingerprint density at radius 1 is 1.39 bits per heavy atom. The highest BCUT2D eigenvalue weighted by Gasteiger charge is 2.02. The molecule has 18 heavy (non-hydrogen) atoms. The van der Waals surface area contributed by atoms with Gasteiger partial charge in [-0.25, -0.2) is 4.79 Å². The van der Waals surface area contributed by atoms with Crippen LogP contribution in [-0.2, 0) is 4.74 Å². The summed E-state index contributed by atoms with van der Waals surface area (Å²) in [6.07, 6.45) is 1.83. The minimum Gasteiger partial charge on any atom is -0.448 e. The molecule has 5 heteroatoms. The van der Waals surface area contributed by atoms with Crippen LogP contribution in [0.3, 0.4) is 0 Å². The standard InChI is InChI=1S/C13H19ClN2O2/c1-2-3-7-15-8-9-18-13(17)16-12-6-4-5-11(14)10-12/h4-6,10,15H,2-3,7-9H2,1H3,(H,16,17). The zero-order chi connectivity index (χ0) is 13.2. The second-order valence-corrected chi connectivity index (χ2v) is 4.31. The van der Waals surface area contributed by atoms with Crippen LogP contribution in [0.2, 0.25) is 5.02 Å². The minimum atomic E-state index is -0.463. The number of nitrogens with one attached hydrogen (secondary N) is 2. The summed E-state index contributed by atoms with van der Waals surface area (Å²) in [5, 5.41) is 6.38. The van der Waals surface area contributed by atoms with Crippen LogP contribution in [0.1, 0.15) is 19.8 Å². The van der Waals surface area contributed by atoms with Gasteiger partial charge in [0.05, 0.1) is 0 Å². The highest BCUT2D eigenvalue weighted by atomic mass is 35.5. The summed E-state index contributed by atoms with van der Waals surface area (Å²) in [5.74, 6) is 0. The van der Waals surface area contributed by atoms with E-state index in [9.17, 15) is 4.79 Å². The summed E-state index contributed by atoms with van der Waals surface area (Å²) >= 11 is 5.80. The second kappa shape index (κ2) is 8.78. The zero-order valence-electron chi connectivity index (χ0n) is 10.5. The Bertz CT molecular complexity index is 372. The first-order valence-corrected chi connectivity index (χ1v) is 6.50. The fraction of sp³-hybridized carbons (Fsp3) is 0.462. The molecule has 2 N–H and O–H groups in total. The van der Waals surface area contributed by atoms with Crippen LogP contribution >= 0.6 is 11.6 Å². The Hall–Kier alpha value is -1.26. The molecular formula is C13H19ClN2O2. The van der Waals surface area contributed by atoms with Gasteiger partial charge in [-0.1, -0.05) is 31.0 Å². The second-order valence-electron chi connectivity index (χ2n) is 3.87. The molecule has 0 aliphatic rings. The molecule has 0 radical (unpaired) electrons. The highest BCUT2D eigenvalue weighted by Crippen LogP contribution is 2.14. The fourth-order valence-electron chi connectivity index (χ4n) is 1.36. The number of halogens is 1. The Morgan fingerprint density at radius 2 is 2.22 bits per heavy atom. The van der Waals surface area contributed by atoms with Gasteiger partial charge in [-0.2, -0.15) is 0 Å². The van der Waals surface area contributed by atoms with Crippen LogP contribution in [0.5, 0.6) is 0 Å². The number of amides is 1. The van der Waals surface area contributed by atoms with Gasteiger partial charge in [0.25, 0.3) is 0 Å². The Labute approximate surface area is 113 Å². The molecule has 1 rings (SSSR count). The average Bonchev–Trinajstić information content (AvgIpc) is 2.33. The molecule has 0 fully saturated rings. The van der Waals surface area contributed by atoms with E-state index in [1.165, 1.54) is 0 Å². The molecule has 0 bridgehead atoms. The Morgan fingerprint density at radius 3 is 2.94 bits per heavy atom. The SMILES string of the molecule is CCCCNCCOC(=O)Nc1cccc(Cl)c1. The van der Waals surface area contributed by atoms with Crippen molar-refractivity contribution in [1.82, 2.24) is 5.32 Å². The van der Waals surface area contributed by atoms with Crippen LogP contribution in [0.15, 0.2) is 24.3 Å². The Kier molecular flexibility index (Phi) is 7.22. The van der Waals surface area contributed by atoms with Gasteiger partial charge in [-0.05, 0) is 31.2 Å². The Balaban J connectivity index is 2.14. The van der Waals surface area contributed by atoms with Gasteiger partial charge < -0.3 is 10.1 Å². The van der Waals surface area contributed by atoms with E-state index in [1.54, 1.807) is 24.3 Å². The molecule has 0 spiro atoms. The maximum absolute atomic E-state index is 11.4. The van der Waals surface area contributed by atoms with Gasteiger partial charge >= 0.3 is 6.09 Å². The third kappa shape index (κ3) is 6.47. The van der Waals surface area contributed by atoms with Gasteiger partial charge in [-0.15, -0.1) is 0 Å². The first-order chi connectivity index (χ1) is 8.72. The first kappa shape index (κ1) is 14.8. The van der Waals surface area contributed by atoms with Crippen molar-refractivity contribution < 1.29 is 9.53 Å². The molecule has 0 heterocycles. The molecule has 0 aromatic heterocycles. The van der Waals surface area contributed by atoms with Gasteiger partial charge in [-0.3, -0.25) is 5.32 Å². The summed E-state index contributed by atoms with van der Waals surface area (Å²) in [4.78, 5) is 11.4. The van der Waals surface area contributed by atoms with Crippen molar-refractivity contribution in [2.24, 2.45) is 0 Å². The molecule has 100 valence electrons. The molecule has 0 atom stereocenters. The molecule has 0 saturated heterocycles. The van der Waals surface area contributed by atoms with Gasteiger partial charge in [0.2, 0.25) is 0 Å². The van der Waals surface area contributed by atoms with Crippen molar-refractivity contribution in [3.8, 4) is 0 Å². The molecule has 4 nitrogen and oxygen atoms in total. The monoisotopic (exact) mass is 270 g/mol. The quantitative estimate of drug-likeness (QED) is 0.748. The molecule has 0 saturated carbocycles. The van der Waals surface area contributed by atoms with Crippen LogP contribution in [0.25, 0.3) is 0 Å². The number of anilines is 1. The minimum absolute atomic E-state index is 0.357. The number of unbranched alkanes of at least 4 members (excludes halogenated alkanes) is 1. The summed E-state index contributed by atoms with van der Waals surface area (Å²) in [7, 11) is 0. The van der Waals surface area contributed by atoms with Crippen LogP contribution in [0.4, 0.5) is 10.5 Å². The van der Waals surface area contributed by atoms with E-state index in [4.69, 9.17) is 16.3 Å². The maximum Gasteiger partial charge on any atom is 0.411 e. The molecule has 0 unspecified atom stereocenters. The van der Waals surface area contributed by atoms with E-state index < -0.39 is 6.09 Å². The lowest BCUT2D eigenvalue weighted by atomic mass is 10.3. The number of hydrogen-bond donors (Lipinski definition) is 2. The number of benzene rings is 1. The predicted octanol–water partition coefficient (Wildman–Crippen LogP) is 3.28. The molecule has 1 aromatic rings. The van der Waals surface area contributed by atoms with E-state index in [0.717, 1.165) is 19.4 Å². The summed E-state index contributed by atoms with van der Waals surface area (Å²) in [6.45, 7) is 4.12. The molecule has 1 amide bonds. The number of carbonyl (C=O) groups is 1.